The van der Waals surface area contributed by atoms with Crippen LogP contribution in [-0.4, -0.2) is 0 Å². The van der Waals surface area contributed by atoms with Gasteiger partial charge in [0, 0.05) is 0 Å². The Bertz CT molecular complexity index is 1040. The van der Waals surface area contributed by atoms with Gasteiger partial charge in [0.1, 0.15) is 0 Å². The van der Waals surface area contributed by atoms with Crippen molar-refractivity contribution < 1.29 is 8.72 Å². The van der Waals surface area contributed by atoms with E-state index in [2.05, 4.69) is 58.8 Å². The van der Waals surface area contributed by atoms with Gasteiger partial charge in [-0.15, -0.1) is 0 Å². The summed E-state index contributed by atoms with van der Waals surface area (Å²) in [5.74, 6) is 0.628. The zero-order chi connectivity index (χ0) is 21.8. The Hall–Kier alpha value is -2.38. The third-order valence-corrected chi connectivity index (χ3v) is 9.39. The van der Waals surface area contributed by atoms with Gasteiger partial charge in [0.05, 0.1) is 0 Å². The molecule has 0 radical (unpaired) electrons. The molecule has 1 aliphatic heterocycles. The van der Waals surface area contributed by atoms with Crippen molar-refractivity contribution in [2.45, 2.75) is 52.4 Å². The van der Waals surface area contributed by atoms with Crippen molar-refractivity contribution in [3.63, 3.8) is 0 Å². The van der Waals surface area contributed by atoms with Crippen molar-refractivity contribution in [1.29, 1.82) is 0 Å². The summed E-state index contributed by atoms with van der Waals surface area (Å²) >= 11 is 0. The summed E-state index contributed by atoms with van der Waals surface area (Å²) in [5.41, 5.74) is 2.66. The Morgan fingerprint density at radius 1 is 0.733 bits per heavy atom. The molecule has 0 fully saturated rings. The molecule has 0 spiro atoms. The van der Waals surface area contributed by atoms with E-state index in [9.17, 15) is 0 Å². The van der Waals surface area contributed by atoms with Crippen molar-refractivity contribution >= 4 is 23.6 Å². The quantitative estimate of drug-likeness (QED) is 0.448. The Labute approximate surface area is 179 Å². The Balaban J connectivity index is 2.03. The van der Waals surface area contributed by atoms with Crippen molar-refractivity contribution in [1.82, 2.24) is 0 Å². The molecule has 4 heteroatoms. The van der Waals surface area contributed by atoms with E-state index in [-0.39, 0.29) is 10.8 Å². The van der Waals surface area contributed by atoms with Gasteiger partial charge in [-0.3, -0.25) is 0 Å². The van der Waals surface area contributed by atoms with Crippen molar-refractivity contribution in [3.05, 3.63) is 83.9 Å². The summed E-state index contributed by atoms with van der Waals surface area (Å²) in [4.78, 5) is 0. The summed E-state index contributed by atoms with van der Waals surface area (Å²) in [6.07, 6.45) is 0. The Morgan fingerprint density at radius 3 is 1.67 bits per heavy atom. The van der Waals surface area contributed by atoms with Crippen LogP contribution in [0.15, 0.2) is 72.8 Å². The van der Waals surface area contributed by atoms with Crippen LogP contribution in [0.1, 0.15) is 52.7 Å². The van der Waals surface area contributed by atoms with E-state index < -0.39 is 7.29 Å². The fourth-order valence-electron chi connectivity index (χ4n) is 3.98. The van der Waals surface area contributed by atoms with E-state index in [0.29, 0.717) is 16.4 Å². The molecule has 1 N–H and O–H groups in total. The van der Waals surface area contributed by atoms with E-state index in [0.717, 1.165) is 16.8 Å². The van der Waals surface area contributed by atoms with Crippen LogP contribution in [0, 0.1) is 0 Å². The number of hydrogen-bond donors (Lipinski definition) is 1. The summed E-state index contributed by atoms with van der Waals surface area (Å²) in [5, 5.41) is 4.41. The summed E-state index contributed by atoms with van der Waals surface area (Å²) in [6, 6.07) is 22.8. The van der Waals surface area contributed by atoms with Crippen LogP contribution >= 0.6 is 7.29 Å². The second-order valence-electron chi connectivity index (χ2n) is 10.2. The van der Waals surface area contributed by atoms with Crippen LogP contribution in [0.5, 0.6) is 5.75 Å². The topological polar surface area (TPSA) is 21.3 Å². The van der Waals surface area contributed by atoms with Crippen LogP contribution < -0.4 is 20.2 Å². The molecule has 0 amide bonds. The first-order valence-electron chi connectivity index (χ1n) is 10.5. The minimum atomic E-state index is -4.64. The second kappa shape index (κ2) is 6.56. The summed E-state index contributed by atoms with van der Waals surface area (Å²) in [6.45, 7) is 13.0. The molecule has 4 rings (SSSR count). The number of rotatable bonds is 2. The second-order valence-corrected chi connectivity index (χ2v) is 13.5. The van der Waals surface area contributed by atoms with E-state index in [4.69, 9.17) is 4.52 Å². The summed E-state index contributed by atoms with van der Waals surface area (Å²) < 4.78 is 24.3. The first-order chi connectivity index (χ1) is 13.9. The SMILES string of the molecule is CC(C)(C)c1cc2c(c(C(C)(C)C)c1)OP(F)(c1ccccc1)(c1ccccc1)N2. The molecule has 0 aromatic heterocycles. The number of benzene rings is 3. The third-order valence-electron chi connectivity index (χ3n) is 5.78. The molecule has 0 aliphatic carbocycles. The molecule has 0 saturated carbocycles. The predicted octanol–water partition coefficient (Wildman–Crippen LogP) is 7.00. The van der Waals surface area contributed by atoms with Gasteiger partial charge in [-0.05, 0) is 0 Å². The van der Waals surface area contributed by atoms with Gasteiger partial charge >= 0.3 is 179 Å². The maximum atomic E-state index is 17.8. The molecule has 3 aromatic carbocycles. The van der Waals surface area contributed by atoms with Gasteiger partial charge in [-0.2, -0.15) is 0 Å². The number of fused-ring (bicyclic) bond motifs is 1. The fraction of sp³-hybridized carbons (Fsp3) is 0.308. The fourth-order valence-corrected chi connectivity index (χ4v) is 7.34. The number of hydrogen-bond acceptors (Lipinski definition) is 2. The van der Waals surface area contributed by atoms with Crippen LogP contribution in [-0.2, 0) is 10.8 Å². The standard InChI is InChI=1S/C26H31FNOP/c1-25(2,3)19-17-22(26(4,5)6)24-23(18-19)28-30(27,29-24,20-13-9-7-10-14-20)21-15-11-8-12-16-21/h7-18,28H,1-6H3. The van der Waals surface area contributed by atoms with Gasteiger partial charge < -0.3 is 0 Å². The van der Waals surface area contributed by atoms with E-state index in [1.54, 1.807) is 0 Å². The molecule has 0 saturated heterocycles. The third kappa shape index (κ3) is 3.20. The average molecular weight is 424 g/mol. The normalized spacial score (nSPS) is 18.4. The number of anilines is 1. The van der Waals surface area contributed by atoms with Gasteiger partial charge in [-0.1, -0.05) is 0 Å². The van der Waals surface area contributed by atoms with E-state index in [1.807, 2.05) is 60.7 Å². The molecule has 3 aromatic rings. The monoisotopic (exact) mass is 423 g/mol. The molecule has 158 valence electrons. The number of halogens is 1. The zero-order valence-corrected chi connectivity index (χ0v) is 19.6. The van der Waals surface area contributed by atoms with Crippen LogP contribution in [0.3, 0.4) is 0 Å². The predicted molar refractivity (Wildman–Crippen MR) is 128 cm³/mol. The Morgan fingerprint density at radius 2 is 1.23 bits per heavy atom. The van der Waals surface area contributed by atoms with Crippen molar-refractivity contribution in [3.8, 4) is 5.75 Å². The first kappa shape index (κ1) is 20.9. The molecule has 1 aliphatic rings. The van der Waals surface area contributed by atoms with Gasteiger partial charge in [-0.25, -0.2) is 0 Å². The molecular formula is C26H31FNOP. The van der Waals surface area contributed by atoms with Crippen molar-refractivity contribution in [2.75, 3.05) is 5.09 Å². The van der Waals surface area contributed by atoms with Gasteiger partial charge in [0.2, 0.25) is 0 Å². The van der Waals surface area contributed by atoms with Crippen LogP contribution in [0.2, 0.25) is 0 Å². The molecule has 0 unspecified atom stereocenters. The summed E-state index contributed by atoms with van der Waals surface area (Å²) in [7, 11) is -4.64. The van der Waals surface area contributed by atoms with E-state index >= 15 is 4.20 Å². The average Bonchev–Trinajstić information content (AvgIpc) is 3.02. The van der Waals surface area contributed by atoms with Crippen LogP contribution in [0.4, 0.5) is 9.88 Å². The molecule has 0 atom stereocenters. The minimum absolute atomic E-state index is 0.0639. The molecule has 30 heavy (non-hydrogen) atoms. The molecule has 0 bridgehead atoms. The van der Waals surface area contributed by atoms with Crippen molar-refractivity contribution in [2.24, 2.45) is 0 Å². The first-order valence-corrected chi connectivity index (χ1v) is 12.5. The zero-order valence-electron chi connectivity index (χ0n) is 18.7. The number of nitrogens with one attached hydrogen (secondary N) is 1. The molecule has 2 nitrogen and oxygen atoms in total. The molecular weight excluding hydrogens is 392 g/mol. The van der Waals surface area contributed by atoms with Gasteiger partial charge in [0.25, 0.3) is 0 Å². The van der Waals surface area contributed by atoms with Crippen LogP contribution in [0.25, 0.3) is 0 Å². The maximum absolute atomic E-state index is 17.8. The van der Waals surface area contributed by atoms with E-state index in [1.165, 1.54) is 0 Å². The molecule has 1 heterocycles. The van der Waals surface area contributed by atoms with Gasteiger partial charge in [0.15, 0.2) is 0 Å². The Kier molecular flexibility index (Phi) is 4.56.